The standard InChI is InChI=1S/C21H19N7O/c1-13-9-14(2)24-17(10-13)20-25-15(3)11-19(26-20)27-21(29)18-6-8-23-28(18)16-5-4-7-22-12-16/h4-12H,1-3H3,(H,25,26,27,29). The number of aryl methyl sites for hydroxylation is 3. The Labute approximate surface area is 167 Å². The van der Waals surface area contributed by atoms with E-state index in [1.54, 1.807) is 36.8 Å². The average Bonchev–Trinajstić information content (AvgIpc) is 3.17. The molecule has 4 aromatic heterocycles. The maximum Gasteiger partial charge on any atom is 0.275 e. The van der Waals surface area contributed by atoms with E-state index in [0.717, 1.165) is 17.0 Å². The number of hydrogen-bond donors (Lipinski definition) is 1. The summed E-state index contributed by atoms with van der Waals surface area (Å²) in [5.74, 6) is 0.536. The summed E-state index contributed by atoms with van der Waals surface area (Å²) >= 11 is 0. The minimum absolute atomic E-state index is 0.330. The summed E-state index contributed by atoms with van der Waals surface area (Å²) in [6.45, 7) is 5.77. The number of nitrogens with zero attached hydrogens (tertiary/aromatic N) is 6. The van der Waals surface area contributed by atoms with Crippen LogP contribution in [0.2, 0.25) is 0 Å². The Bertz CT molecular complexity index is 1160. The first kappa shape index (κ1) is 18.4. The molecule has 1 N–H and O–H groups in total. The smallest absolute Gasteiger partial charge is 0.275 e. The summed E-state index contributed by atoms with van der Waals surface area (Å²) in [7, 11) is 0. The predicted octanol–water partition coefficient (Wildman–Crippen LogP) is 3.30. The first-order chi connectivity index (χ1) is 14.0. The van der Waals surface area contributed by atoms with Gasteiger partial charge in [-0.2, -0.15) is 5.10 Å². The monoisotopic (exact) mass is 385 g/mol. The molecule has 0 aliphatic carbocycles. The van der Waals surface area contributed by atoms with Crippen LogP contribution < -0.4 is 5.32 Å². The molecule has 0 bridgehead atoms. The van der Waals surface area contributed by atoms with Crippen molar-refractivity contribution in [3.05, 3.63) is 77.6 Å². The molecule has 29 heavy (non-hydrogen) atoms. The Morgan fingerprint density at radius 2 is 1.79 bits per heavy atom. The second-order valence-electron chi connectivity index (χ2n) is 6.68. The number of carbonyl (C=O) groups is 1. The van der Waals surface area contributed by atoms with Gasteiger partial charge < -0.3 is 5.32 Å². The van der Waals surface area contributed by atoms with Crippen molar-refractivity contribution in [3.8, 4) is 17.2 Å². The Balaban J connectivity index is 1.65. The summed E-state index contributed by atoms with van der Waals surface area (Å²) in [5, 5.41) is 7.06. The summed E-state index contributed by atoms with van der Waals surface area (Å²) in [6, 6.07) is 10.9. The third kappa shape index (κ3) is 4.01. The van der Waals surface area contributed by atoms with Crippen molar-refractivity contribution in [1.29, 1.82) is 0 Å². The maximum atomic E-state index is 12.9. The number of pyridine rings is 2. The Kier molecular flexibility index (Phi) is 4.82. The quantitative estimate of drug-likeness (QED) is 0.579. The molecule has 1 amide bonds. The van der Waals surface area contributed by atoms with E-state index in [2.05, 4.69) is 30.4 Å². The normalized spacial score (nSPS) is 10.7. The van der Waals surface area contributed by atoms with Crippen LogP contribution >= 0.6 is 0 Å². The van der Waals surface area contributed by atoms with Gasteiger partial charge in [-0.05, 0) is 56.7 Å². The molecular formula is C21H19N7O. The molecule has 0 unspecified atom stereocenters. The Morgan fingerprint density at radius 3 is 2.55 bits per heavy atom. The fourth-order valence-corrected chi connectivity index (χ4v) is 3.04. The highest BCUT2D eigenvalue weighted by Crippen LogP contribution is 2.19. The molecule has 4 aromatic rings. The van der Waals surface area contributed by atoms with Crippen LogP contribution in [0.3, 0.4) is 0 Å². The van der Waals surface area contributed by atoms with Crippen LogP contribution in [0.5, 0.6) is 0 Å². The third-order valence-corrected chi connectivity index (χ3v) is 4.19. The van der Waals surface area contributed by atoms with Crippen LogP contribution in [-0.2, 0) is 0 Å². The topological polar surface area (TPSA) is 98.5 Å². The first-order valence-corrected chi connectivity index (χ1v) is 9.07. The van der Waals surface area contributed by atoms with Crippen LogP contribution in [0.1, 0.15) is 27.4 Å². The van der Waals surface area contributed by atoms with Crippen molar-refractivity contribution < 1.29 is 4.79 Å². The lowest BCUT2D eigenvalue weighted by molar-refractivity contribution is 0.101. The van der Waals surface area contributed by atoms with Gasteiger partial charge in [0.25, 0.3) is 5.91 Å². The van der Waals surface area contributed by atoms with Gasteiger partial charge in [0.1, 0.15) is 17.2 Å². The molecule has 8 nitrogen and oxygen atoms in total. The van der Waals surface area contributed by atoms with Gasteiger partial charge in [-0.25, -0.2) is 19.6 Å². The molecule has 0 atom stereocenters. The minimum Gasteiger partial charge on any atom is -0.305 e. The van der Waals surface area contributed by atoms with Gasteiger partial charge in [-0.1, -0.05) is 0 Å². The summed E-state index contributed by atoms with van der Waals surface area (Å²) in [4.78, 5) is 30.4. The molecular weight excluding hydrogens is 366 g/mol. The number of aromatic nitrogens is 6. The number of anilines is 1. The molecule has 0 aliphatic rings. The average molecular weight is 385 g/mol. The van der Waals surface area contributed by atoms with Crippen LogP contribution in [0.25, 0.3) is 17.2 Å². The third-order valence-electron chi connectivity index (χ3n) is 4.19. The lowest BCUT2D eigenvalue weighted by Crippen LogP contribution is -2.18. The van der Waals surface area contributed by atoms with Gasteiger partial charge in [0.15, 0.2) is 5.82 Å². The second kappa shape index (κ2) is 7.59. The van der Waals surface area contributed by atoms with E-state index in [9.17, 15) is 4.79 Å². The van der Waals surface area contributed by atoms with Crippen molar-refractivity contribution >= 4 is 11.7 Å². The van der Waals surface area contributed by atoms with Crippen LogP contribution in [0, 0.1) is 20.8 Å². The molecule has 4 rings (SSSR count). The van der Waals surface area contributed by atoms with Crippen molar-refractivity contribution in [3.63, 3.8) is 0 Å². The molecule has 0 fully saturated rings. The van der Waals surface area contributed by atoms with E-state index >= 15 is 0 Å². The van der Waals surface area contributed by atoms with Gasteiger partial charge in [0.05, 0.1) is 18.1 Å². The summed E-state index contributed by atoms with van der Waals surface area (Å²) in [6.07, 6.45) is 4.87. The van der Waals surface area contributed by atoms with E-state index in [4.69, 9.17) is 0 Å². The molecule has 0 saturated carbocycles. The van der Waals surface area contributed by atoms with Crippen LogP contribution in [0.4, 0.5) is 5.82 Å². The highest BCUT2D eigenvalue weighted by atomic mass is 16.2. The first-order valence-electron chi connectivity index (χ1n) is 9.07. The molecule has 144 valence electrons. The van der Waals surface area contributed by atoms with Gasteiger partial charge >= 0.3 is 0 Å². The molecule has 0 spiro atoms. The Hall–Kier alpha value is -3.94. The lowest BCUT2D eigenvalue weighted by atomic mass is 10.2. The molecule has 0 aliphatic heterocycles. The number of hydrogen-bond acceptors (Lipinski definition) is 6. The van der Waals surface area contributed by atoms with Gasteiger partial charge in [-0.3, -0.25) is 9.78 Å². The molecule has 4 heterocycles. The second-order valence-corrected chi connectivity index (χ2v) is 6.68. The Morgan fingerprint density at radius 1 is 0.966 bits per heavy atom. The number of amides is 1. The zero-order valence-electron chi connectivity index (χ0n) is 16.3. The van der Waals surface area contributed by atoms with Crippen molar-refractivity contribution in [2.75, 3.05) is 5.32 Å². The largest absolute Gasteiger partial charge is 0.305 e. The van der Waals surface area contributed by atoms with Crippen molar-refractivity contribution in [2.24, 2.45) is 0 Å². The summed E-state index contributed by atoms with van der Waals surface area (Å²) < 4.78 is 1.53. The van der Waals surface area contributed by atoms with E-state index in [0.29, 0.717) is 28.7 Å². The van der Waals surface area contributed by atoms with Gasteiger partial charge in [0.2, 0.25) is 0 Å². The SMILES string of the molecule is Cc1cc(C)nc(-c2nc(C)cc(NC(=O)c3ccnn3-c3cccnc3)n2)c1. The molecule has 0 saturated heterocycles. The van der Waals surface area contributed by atoms with Crippen LogP contribution in [0.15, 0.2) is 55.0 Å². The van der Waals surface area contributed by atoms with Gasteiger partial charge in [0, 0.05) is 23.7 Å². The van der Waals surface area contributed by atoms with Crippen molar-refractivity contribution in [1.82, 2.24) is 29.7 Å². The number of nitrogens with one attached hydrogen (secondary N) is 1. The van der Waals surface area contributed by atoms with E-state index < -0.39 is 0 Å². The van der Waals surface area contributed by atoms with E-state index in [1.165, 1.54) is 4.68 Å². The van der Waals surface area contributed by atoms with E-state index in [-0.39, 0.29) is 5.91 Å². The van der Waals surface area contributed by atoms with Crippen LogP contribution in [-0.4, -0.2) is 35.6 Å². The zero-order valence-corrected chi connectivity index (χ0v) is 16.3. The molecule has 0 aromatic carbocycles. The summed E-state index contributed by atoms with van der Waals surface area (Å²) in [5.41, 5.74) is 4.43. The maximum absolute atomic E-state index is 12.9. The number of rotatable bonds is 4. The zero-order chi connectivity index (χ0) is 20.4. The lowest BCUT2D eigenvalue weighted by Gasteiger charge is -2.10. The highest BCUT2D eigenvalue weighted by Gasteiger charge is 2.16. The molecule has 8 heteroatoms. The van der Waals surface area contributed by atoms with Crippen molar-refractivity contribution in [2.45, 2.75) is 20.8 Å². The predicted molar refractivity (Wildman–Crippen MR) is 109 cm³/mol. The van der Waals surface area contributed by atoms with Gasteiger partial charge in [-0.15, -0.1) is 0 Å². The fraction of sp³-hybridized carbons (Fsp3) is 0.143. The van der Waals surface area contributed by atoms with E-state index in [1.807, 2.05) is 39.0 Å². The highest BCUT2D eigenvalue weighted by molar-refractivity contribution is 6.03. The fourth-order valence-electron chi connectivity index (χ4n) is 3.04. The molecule has 0 radical (unpaired) electrons. The number of carbonyl (C=O) groups excluding carboxylic acids is 1. The minimum atomic E-state index is -0.330.